The maximum atomic E-state index is 2.53. The standard InChI is InChI=1S/C58H41N3/c1-3-40-47(58(46-25-11-7-18-37(46)2)48-26-12-16-31-53(48)61-51-29-14-9-22-42(51)44-24-17-27-49(58)57(44)61)34-35-54-56(40)45-23-10-15-30-52(45)60(54)39-32-33-43-41-21-8-13-28-50(41)59(55(43)36-39)38-19-5-4-6-20-38/h4-36H,3H2,1-2H3. The first-order chi connectivity index (χ1) is 30.2. The van der Waals surface area contributed by atoms with Crippen molar-refractivity contribution in [2.45, 2.75) is 25.7 Å². The minimum atomic E-state index is -0.593. The molecule has 3 heteroatoms. The molecular weight excluding hydrogens is 739 g/mol. The Morgan fingerprint density at radius 2 is 0.951 bits per heavy atom. The van der Waals surface area contributed by atoms with E-state index in [0.717, 1.165) is 17.8 Å². The number of aryl methyl sites for hydroxylation is 2. The van der Waals surface area contributed by atoms with Crippen molar-refractivity contribution in [2.75, 3.05) is 0 Å². The van der Waals surface area contributed by atoms with Gasteiger partial charge < -0.3 is 13.7 Å². The number of nitrogens with zero attached hydrogens (tertiary/aromatic N) is 3. The molecule has 3 aromatic heterocycles. The van der Waals surface area contributed by atoms with E-state index in [1.807, 2.05) is 0 Å². The zero-order valence-corrected chi connectivity index (χ0v) is 34.1. The van der Waals surface area contributed by atoms with Crippen molar-refractivity contribution in [1.29, 1.82) is 0 Å². The molecule has 61 heavy (non-hydrogen) atoms. The molecule has 0 saturated carbocycles. The molecule has 13 rings (SSSR count). The summed E-state index contributed by atoms with van der Waals surface area (Å²) in [5.74, 6) is 0. The second-order valence-electron chi connectivity index (χ2n) is 16.7. The summed E-state index contributed by atoms with van der Waals surface area (Å²) in [6.07, 6.45) is 0.872. The summed E-state index contributed by atoms with van der Waals surface area (Å²) < 4.78 is 7.46. The topological polar surface area (TPSA) is 14.8 Å². The summed E-state index contributed by atoms with van der Waals surface area (Å²) in [6, 6.07) is 74.8. The maximum Gasteiger partial charge on any atom is 0.0748 e. The van der Waals surface area contributed by atoms with Crippen LogP contribution < -0.4 is 0 Å². The van der Waals surface area contributed by atoms with Gasteiger partial charge in [-0.3, -0.25) is 0 Å². The van der Waals surface area contributed by atoms with E-state index in [1.54, 1.807) is 0 Å². The van der Waals surface area contributed by atoms with Crippen LogP contribution in [-0.4, -0.2) is 13.7 Å². The number of fused-ring (bicyclic) bond motifs is 11. The second kappa shape index (κ2) is 12.7. The van der Waals surface area contributed by atoms with Gasteiger partial charge in [-0.1, -0.05) is 153 Å². The molecule has 0 aliphatic carbocycles. The van der Waals surface area contributed by atoms with E-state index in [0.29, 0.717) is 0 Å². The Morgan fingerprint density at radius 3 is 1.72 bits per heavy atom. The van der Waals surface area contributed by atoms with E-state index in [9.17, 15) is 0 Å². The van der Waals surface area contributed by atoms with Crippen LogP contribution in [0.25, 0.3) is 82.5 Å². The summed E-state index contributed by atoms with van der Waals surface area (Å²) in [7, 11) is 0. The van der Waals surface area contributed by atoms with Gasteiger partial charge in [0, 0.05) is 43.7 Å². The van der Waals surface area contributed by atoms with E-state index in [-0.39, 0.29) is 0 Å². The van der Waals surface area contributed by atoms with Gasteiger partial charge in [-0.25, -0.2) is 0 Å². The summed E-state index contributed by atoms with van der Waals surface area (Å²) in [5.41, 5.74) is 18.3. The van der Waals surface area contributed by atoms with Crippen molar-refractivity contribution in [1.82, 2.24) is 13.7 Å². The third-order valence-electron chi connectivity index (χ3n) is 13.8. The summed E-state index contributed by atoms with van der Waals surface area (Å²) >= 11 is 0. The van der Waals surface area contributed by atoms with E-state index in [4.69, 9.17) is 0 Å². The summed E-state index contributed by atoms with van der Waals surface area (Å²) in [5, 5.41) is 7.69. The number of rotatable bonds is 5. The molecule has 1 unspecified atom stereocenters. The van der Waals surface area contributed by atoms with Crippen LogP contribution in [0.15, 0.2) is 200 Å². The van der Waals surface area contributed by atoms with Crippen LogP contribution in [0, 0.1) is 6.92 Å². The van der Waals surface area contributed by atoms with Crippen LogP contribution in [-0.2, 0) is 11.8 Å². The number of aromatic nitrogens is 3. The normalized spacial score (nSPS) is 14.9. The fourth-order valence-corrected chi connectivity index (χ4v) is 11.5. The fraction of sp³-hybridized carbons (Fsp3) is 0.0690. The molecule has 1 aliphatic rings. The largest absolute Gasteiger partial charge is 0.309 e. The average molecular weight is 780 g/mol. The van der Waals surface area contributed by atoms with Crippen molar-refractivity contribution in [2.24, 2.45) is 0 Å². The highest BCUT2D eigenvalue weighted by atomic mass is 15.0. The molecule has 0 bridgehead atoms. The summed E-state index contributed by atoms with van der Waals surface area (Å²) in [6.45, 7) is 4.65. The minimum Gasteiger partial charge on any atom is -0.309 e. The molecule has 0 fully saturated rings. The average Bonchev–Trinajstić information content (AvgIpc) is 3.96. The molecule has 4 heterocycles. The molecular formula is C58H41N3. The van der Waals surface area contributed by atoms with Crippen molar-refractivity contribution >= 4 is 65.4 Å². The number of benzene rings is 9. The lowest BCUT2D eigenvalue weighted by Gasteiger charge is -2.43. The molecule has 0 radical (unpaired) electrons. The molecule has 12 aromatic rings. The third kappa shape index (κ3) is 4.42. The monoisotopic (exact) mass is 779 g/mol. The van der Waals surface area contributed by atoms with Gasteiger partial charge in [0.1, 0.15) is 0 Å². The molecule has 1 aliphatic heterocycles. The zero-order valence-electron chi connectivity index (χ0n) is 34.1. The highest BCUT2D eigenvalue weighted by Crippen LogP contribution is 2.56. The lowest BCUT2D eigenvalue weighted by molar-refractivity contribution is 0.713. The Bertz CT molecular complexity index is 3760. The van der Waals surface area contributed by atoms with Crippen molar-refractivity contribution in [3.05, 3.63) is 234 Å². The lowest BCUT2D eigenvalue weighted by Crippen LogP contribution is -2.37. The Labute approximate surface area is 354 Å². The maximum absolute atomic E-state index is 2.53. The minimum absolute atomic E-state index is 0.593. The lowest BCUT2D eigenvalue weighted by atomic mass is 9.60. The van der Waals surface area contributed by atoms with Crippen LogP contribution in [0.3, 0.4) is 0 Å². The predicted molar refractivity (Wildman–Crippen MR) is 255 cm³/mol. The van der Waals surface area contributed by atoms with Gasteiger partial charge in [0.2, 0.25) is 0 Å². The first-order valence-electron chi connectivity index (χ1n) is 21.5. The smallest absolute Gasteiger partial charge is 0.0748 e. The zero-order chi connectivity index (χ0) is 40.4. The first kappa shape index (κ1) is 34.3. The first-order valence-corrected chi connectivity index (χ1v) is 21.5. The molecule has 0 N–H and O–H groups in total. The molecule has 0 spiro atoms. The number of hydrogen-bond acceptors (Lipinski definition) is 0. The van der Waals surface area contributed by atoms with Gasteiger partial charge in [-0.15, -0.1) is 0 Å². The third-order valence-corrected chi connectivity index (χ3v) is 13.8. The van der Waals surface area contributed by atoms with Crippen LogP contribution in [0.4, 0.5) is 0 Å². The fourth-order valence-electron chi connectivity index (χ4n) is 11.5. The Hall–Kier alpha value is -7.62. The van der Waals surface area contributed by atoms with Crippen LogP contribution >= 0.6 is 0 Å². The van der Waals surface area contributed by atoms with Gasteiger partial charge in [0.15, 0.2) is 0 Å². The van der Waals surface area contributed by atoms with Crippen molar-refractivity contribution in [3.63, 3.8) is 0 Å². The Kier molecular flexibility index (Phi) is 7.13. The molecule has 9 aromatic carbocycles. The molecule has 0 amide bonds. The second-order valence-corrected chi connectivity index (χ2v) is 16.7. The summed E-state index contributed by atoms with van der Waals surface area (Å²) in [4.78, 5) is 0. The Balaban J connectivity index is 1.16. The van der Waals surface area contributed by atoms with Gasteiger partial charge in [0.25, 0.3) is 0 Å². The SMILES string of the molecule is CCc1c(C2(c3ccccc3C)c3ccccc3-n3c4ccccc4c4cccc2c43)ccc2c1c1ccccc1n2-c1ccc2c3ccccc3n(-c3ccccc3)c2c1. The quantitative estimate of drug-likeness (QED) is 0.165. The van der Waals surface area contributed by atoms with Crippen LogP contribution in [0.1, 0.15) is 40.3 Å². The van der Waals surface area contributed by atoms with E-state index in [2.05, 4.69) is 228 Å². The molecule has 3 nitrogen and oxygen atoms in total. The van der Waals surface area contributed by atoms with Gasteiger partial charge in [-0.2, -0.15) is 0 Å². The van der Waals surface area contributed by atoms with E-state index in [1.165, 1.54) is 104 Å². The molecule has 288 valence electrons. The van der Waals surface area contributed by atoms with Gasteiger partial charge in [-0.05, 0) is 101 Å². The number of para-hydroxylation sites is 6. The van der Waals surface area contributed by atoms with Crippen molar-refractivity contribution in [3.8, 4) is 17.1 Å². The van der Waals surface area contributed by atoms with Crippen LogP contribution in [0.5, 0.6) is 0 Å². The molecule has 1 atom stereocenters. The predicted octanol–water partition coefficient (Wildman–Crippen LogP) is 14.5. The van der Waals surface area contributed by atoms with E-state index < -0.39 is 5.41 Å². The van der Waals surface area contributed by atoms with Crippen molar-refractivity contribution < 1.29 is 0 Å². The van der Waals surface area contributed by atoms with Crippen LogP contribution in [0.2, 0.25) is 0 Å². The van der Waals surface area contributed by atoms with Gasteiger partial charge >= 0.3 is 0 Å². The Morgan fingerprint density at radius 1 is 0.377 bits per heavy atom. The highest BCUT2D eigenvalue weighted by Gasteiger charge is 2.47. The van der Waals surface area contributed by atoms with E-state index >= 15 is 0 Å². The number of hydrogen-bond donors (Lipinski definition) is 0. The molecule has 0 saturated heterocycles. The highest BCUT2D eigenvalue weighted by molar-refractivity contribution is 6.15. The van der Waals surface area contributed by atoms with Gasteiger partial charge in [0.05, 0.1) is 44.2 Å².